The summed E-state index contributed by atoms with van der Waals surface area (Å²) >= 11 is 0. The topological polar surface area (TPSA) is 83.6 Å². The zero-order valence-corrected chi connectivity index (χ0v) is 11.5. The highest BCUT2D eigenvalue weighted by atomic mass is 16.4. The van der Waals surface area contributed by atoms with Crippen molar-refractivity contribution >= 4 is 11.9 Å². The summed E-state index contributed by atoms with van der Waals surface area (Å²) in [5.41, 5.74) is 5.52. The number of carbonyl (C=O) groups is 2. The highest BCUT2D eigenvalue weighted by Crippen LogP contribution is 2.15. The summed E-state index contributed by atoms with van der Waals surface area (Å²) in [4.78, 5) is 24.0. The number of carbonyl (C=O) groups excluding carboxylic acids is 1. The first kappa shape index (κ1) is 16.9. The van der Waals surface area contributed by atoms with Crippen LogP contribution in [0.15, 0.2) is 0 Å². The lowest BCUT2D eigenvalue weighted by atomic mass is 9.96. The Morgan fingerprint density at radius 1 is 1.22 bits per heavy atom. The molecule has 3 N–H and O–H groups in total. The van der Waals surface area contributed by atoms with Crippen molar-refractivity contribution in [3.8, 4) is 0 Å². The van der Waals surface area contributed by atoms with Crippen molar-refractivity contribution in [3.63, 3.8) is 0 Å². The summed E-state index contributed by atoms with van der Waals surface area (Å²) in [5, 5.41) is 8.61. The molecule has 1 atom stereocenters. The molecule has 0 aliphatic heterocycles. The highest BCUT2D eigenvalue weighted by molar-refractivity contribution is 5.77. The molecule has 5 nitrogen and oxygen atoms in total. The van der Waals surface area contributed by atoms with Crippen LogP contribution >= 0.6 is 0 Å². The normalized spacial score (nSPS) is 12.2. The minimum Gasteiger partial charge on any atom is -0.481 e. The third-order valence-electron chi connectivity index (χ3n) is 3.25. The fourth-order valence-electron chi connectivity index (χ4n) is 1.96. The molecule has 106 valence electrons. The Hall–Kier alpha value is -1.10. The zero-order valence-electron chi connectivity index (χ0n) is 11.5. The molecule has 0 rings (SSSR count). The predicted octanol–water partition coefficient (Wildman–Crippen LogP) is 1.46. The summed E-state index contributed by atoms with van der Waals surface area (Å²) < 4.78 is 0. The Bertz CT molecular complexity index is 257. The number of amides is 1. The molecule has 1 unspecified atom stereocenters. The van der Waals surface area contributed by atoms with E-state index in [2.05, 4.69) is 6.92 Å². The molecule has 0 aliphatic carbocycles. The maximum Gasteiger partial charge on any atom is 0.305 e. The van der Waals surface area contributed by atoms with Crippen molar-refractivity contribution < 1.29 is 14.7 Å². The first-order valence-corrected chi connectivity index (χ1v) is 6.74. The number of nitrogens with zero attached hydrogens (tertiary/aromatic N) is 1. The van der Waals surface area contributed by atoms with Gasteiger partial charge in [0.25, 0.3) is 0 Å². The van der Waals surface area contributed by atoms with E-state index in [9.17, 15) is 9.59 Å². The zero-order chi connectivity index (χ0) is 14.0. The molecule has 0 saturated heterocycles. The molecule has 0 heterocycles. The number of hydrogen-bond donors (Lipinski definition) is 2. The fraction of sp³-hybridized carbons (Fsp3) is 0.846. The summed E-state index contributed by atoms with van der Waals surface area (Å²) in [6.07, 6.45) is 3.33. The first-order chi connectivity index (χ1) is 8.54. The van der Waals surface area contributed by atoms with Crippen LogP contribution in [0.5, 0.6) is 0 Å². The quantitative estimate of drug-likeness (QED) is 0.621. The summed E-state index contributed by atoms with van der Waals surface area (Å²) in [7, 11) is 0. The van der Waals surface area contributed by atoms with Crippen LogP contribution in [-0.4, -0.2) is 41.5 Å². The van der Waals surface area contributed by atoms with Crippen molar-refractivity contribution in [2.45, 2.75) is 46.0 Å². The number of aliphatic carboxylic acids is 1. The smallest absolute Gasteiger partial charge is 0.305 e. The lowest BCUT2D eigenvalue weighted by Crippen LogP contribution is -2.33. The largest absolute Gasteiger partial charge is 0.481 e. The van der Waals surface area contributed by atoms with Gasteiger partial charge in [-0.15, -0.1) is 0 Å². The van der Waals surface area contributed by atoms with Crippen LogP contribution in [0.25, 0.3) is 0 Å². The van der Waals surface area contributed by atoms with Crippen LogP contribution in [0.2, 0.25) is 0 Å². The van der Waals surface area contributed by atoms with Gasteiger partial charge in [-0.2, -0.15) is 0 Å². The van der Waals surface area contributed by atoms with Crippen molar-refractivity contribution in [1.29, 1.82) is 0 Å². The van der Waals surface area contributed by atoms with Gasteiger partial charge in [0, 0.05) is 19.5 Å². The molecule has 0 spiro atoms. The average Bonchev–Trinajstić information content (AvgIpc) is 2.34. The monoisotopic (exact) mass is 258 g/mol. The Morgan fingerprint density at radius 2 is 1.89 bits per heavy atom. The second-order valence-corrected chi connectivity index (χ2v) is 4.51. The molecular weight excluding hydrogens is 232 g/mol. The van der Waals surface area contributed by atoms with Crippen LogP contribution in [0.4, 0.5) is 0 Å². The van der Waals surface area contributed by atoms with E-state index in [1.165, 1.54) is 0 Å². The molecule has 0 aromatic carbocycles. The van der Waals surface area contributed by atoms with Crippen LogP contribution < -0.4 is 5.73 Å². The van der Waals surface area contributed by atoms with Gasteiger partial charge in [-0.05, 0) is 32.2 Å². The van der Waals surface area contributed by atoms with Crippen LogP contribution in [0.1, 0.15) is 46.0 Å². The SMILES string of the molecule is CCC(CCN)CCC(=O)N(CC)CCC(=O)O. The van der Waals surface area contributed by atoms with Crippen molar-refractivity contribution in [1.82, 2.24) is 4.90 Å². The average molecular weight is 258 g/mol. The van der Waals surface area contributed by atoms with E-state index in [-0.39, 0.29) is 12.3 Å². The molecule has 18 heavy (non-hydrogen) atoms. The van der Waals surface area contributed by atoms with Gasteiger partial charge in [0.2, 0.25) is 5.91 Å². The molecule has 0 radical (unpaired) electrons. The standard InChI is InChI=1S/C13H26N2O3/c1-3-11(7-9-14)5-6-12(16)15(4-2)10-8-13(17)18/h11H,3-10,14H2,1-2H3,(H,17,18). The molecule has 1 amide bonds. The van der Waals surface area contributed by atoms with E-state index in [0.717, 1.165) is 19.3 Å². The van der Waals surface area contributed by atoms with Gasteiger partial charge in [0.15, 0.2) is 0 Å². The molecule has 0 fully saturated rings. The predicted molar refractivity (Wildman–Crippen MR) is 71.2 cm³/mol. The summed E-state index contributed by atoms with van der Waals surface area (Å²) in [6, 6.07) is 0. The van der Waals surface area contributed by atoms with Gasteiger partial charge in [0.1, 0.15) is 0 Å². The summed E-state index contributed by atoms with van der Waals surface area (Å²) in [6.45, 7) is 5.51. The van der Waals surface area contributed by atoms with E-state index < -0.39 is 5.97 Å². The minimum atomic E-state index is -0.865. The van der Waals surface area contributed by atoms with E-state index in [1.807, 2.05) is 6.92 Å². The molecule has 0 aliphatic rings. The van der Waals surface area contributed by atoms with E-state index in [0.29, 0.717) is 32.0 Å². The molecule has 0 bridgehead atoms. The van der Waals surface area contributed by atoms with Crippen molar-refractivity contribution in [2.24, 2.45) is 11.7 Å². The van der Waals surface area contributed by atoms with Crippen LogP contribution in [-0.2, 0) is 9.59 Å². The Balaban J connectivity index is 4.06. The Labute approximate surface area is 109 Å². The van der Waals surface area contributed by atoms with Gasteiger partial charge in [-0.1, -0.05) is 13.3 Å². The van der Waals surface area contributed by atoms with Gasteiger partial charge in [-0.3, -0.25) is 9.59 Å². The number of nitrogens with two attached hydrogens (primary N) is 1. The maximum absolute atomic E-state index is 11.9. The van der Waals surface area contributed by atoms with Gasteiger partial charge >= 0.3 is 5.97 Å². The summed E-state index contributed by atoms with van der Waals surface area (Å²) in [5.74, 6) is -0.317. The third kappa shape index (κ3) is 7.27. The van der Waals surface area contributed by atoms with E-state index in [4.69, 9.17) is 10.8 Å². The van der Waals surface area contributed by atoms with E-state index in [1.54, 1.807) is 4.90 Å². The number of hydrogen-bond acceptors (Lipinski definition) is 3. The Morgan fingerprint density at radius 3 is 2.33 bits per heavy atom. The first-order valence-electron chi connectivity index (χ1n) is 6.74. The fourth-order valence-corrected chi connectivity index (χ4v) is 1.96. The third-order valence-corrected chi connectivity index (χ3v) is 3.25. The van der Waals surface area contributed by atoms with Crippen molar-refractivity contribution in [3.05, 3.63) is 0 Å². The lowest BCUT2D eigenvalue weighted by molar-refractivity contribution is -0.138. The second kappa shape index (κ2) is 9.88. The maximum atomic E-state index is 11.9. The molecule has 0 saturated carbocycles. The molecule has 0 aromatic heterocycles. The number of carboxylic acid groups (broad SMARTS) is 1. The molecule has 0 aromatic rings. The van der Waals surface area contributed by atoms with Crippen molar-refractivity contribution in [2.75, 3.05) is 19.6 Å². The lowest BCUT2D eigenvalue weighted by Gasteiger charge is -2.21. The van der Waals surface area contributed by atoms with Gasteiger partial charge < -0.3 is 15.7 Å². The minimum absolute atomic E-state index is 0.0135. The molecule has 5 heteroatoms. The Kier molecular flexibility index (Phi) is 9.28. The van der Waals surface area contributed by atoms with Gasteiger partial charge in [-0.25, -0.2) is 0 Å². The van der Waals surface area contributed by atoms with Gasteiger partial charge in [0.05, 0.1) is 6.42 Å². The highest BCUT2D eigenvalue weighted by Gasteiger charge is 2.15. The number of carboxylic acids is 1. The van der Waals surface area contributed by atoms with Crippen LogP contribution in [0.3, 0.4) is 0 Å². The molecular formula is C13H26N2O3. The van der Waals surface area contributed by atoms with E-state index >= 15 is 0 Å². The number of rotatable bonds is 10. The van der Waals surface area contributed by atoms with Crippen LogP contribution in [0, 0.1) is 5.92 Å². The second-order valence-electron chi connectivity index (χ2n) is 4.51.